The fraction of sp³-hybridized carbons (Fsp3) is 0.700. The molecule has 0 amide bonds. The van der Waals surface area contributed by atoms with Crippen molar-refractivity contribution in [3.63, 3.8) is 0 Å². The smallest absolute Gasteiger partial charge is 0.0192 e. The van der Waals surface area contributed by atoms with Crippen LogP contribution in [-0.4, -0.2) is 12.1 Å². The van der Waals surface area contributed by atoms with E-state index in [1.807, 2.05) is 11.3 Å². The third kappa shape index (κ3) is 1.99. The first-order valence-electron chi connectivity index (χ1n) is 9.13. The van der Waals surface area contributed by atoms with Crippen molar-refractivity contribution in [2.24, 2.45) is 17.8 Å². The van der Waals surface area contributed by atoms with Gasteiger partial charge in [0, 0.05) is 23.4 Å². The normalized spacial score (nSPS) is 38.9. The predicted octanol–water partition coefficient (Wildman–Crippen LogP) is 4.94. The van der Waals surface area contributed by atoms with E-state index in [0.29, 0.717) is 5.54 Å². The Hall–Kier alpha value is -0.600. The maximum absolute atomic E-state index is 4.09. The van der Waals surface area contributed by atoms with E-state index >= 15 is 0 Å². The van der Waals surface area contributed by atoms with Gasteiger partial charge in [-0.2, -0.15) is 0 Å². The molecule has 6 rings (SSSR count). The number of hydrogen-bond donors (Lipinski definition) is 1. The van der Waals surface area contributed by atoms with Crippen LogP contribution in [0.4, 0.5) is 0 Å². The van der Waals surface area contributed by atoms with Gasteiger partial charge in [-0.1, -0.05) is 0 Å². The zero-order valence-corrected chi connectivity index (χ0v) is 14.7. The summed E-state index contributed by atoms with van der Waals surface area (Å²) >= 11 is 1.96. The molecule has 1 nitrogen and oxygen atoms in total. The summed E-state index contributed by atoms with van der Waals surface area (Å²) in [6.07, 6.45) is 10.2. The van der Waals surface area contributed by atoms with Crippen molar-refractivity contribution in [3.8, 4) is 0 Å². The minimum atomic E-state index is 0.507. The second-order valence-corrected chi connectivity index (χ2v) is 9.64. The molecule has 0 aromatic carbocycles. The Morgan fingerprint density at radius 2 is 1.73 bits per heavy atom. The predicted molar refractivity (Wildman–Crippen MR) is 94.3 cm³/mol. The molecule has 0 radical (unpaired) electrons. The SMILES string of the molecule is CC1=C(CNC23CC4CC(CC(C4)C2)C3)Cc2scc(C)c21. The van der Waals surface area contributed by atoms with E-state index in [2.05, 4.69) is 24.5 Å². The van der Waals surface area contributed by atoms with Crippen LogP contribution in [0.1, 0.15) is 61.5 Å². The summed E-state index contributed by atoms with van der Waals surface area (Å²) in [5, 5.41) is 6.42. The maximum atomic E-state index is 4.09. The third-order valence-electron chi connectivity index (χ3n) is 7.05. The van der Waals surface area contributed by atoms with Crippen LogP contribution in [0.3, 0.4) is 0 Å². The highest BCUT2D eigenvalue weighted by Crippen LogP contribution is 2.55. The topological polar surface area (TPSA) is 12.0 Å². The van der Waals surface area contributed by atoms with Crippen molar-refractivity contribution < 1.29 is 0 Å². The van der Waals surface area contributed by atoms with E-state index in [1.54, 1.807) is 21.6 Å². The molecular formula is C20H27NS. The van der Waals surface area contributed by atoms with Gasteiger partial charge in [0.1, 0.15) is 0 Å². The van der Waals surface area contributed by atoms with E-state index < -0.39 is 0 Å². The number of rotatable bonds is 3. The molecule has 1 N–H and O–H groups in total. The number of allylic oxidation sites excluding steroid dienone is 1. The molecule has 22 heavy (non-hydrogen) atoms. The Kier molecular flexibility index (Phi) is 2.95. The summed E-state index contributed by atoms with van der Waals surface area (Å²) in [5.41, 5.74) is 6.81. The zero-order chi connectivity index (χ0) is 14.9. The third-order valence-corrected chi connectivity index (χ3v) is 8.15. The molecular weight excluding hydrogens is 286 g/mol. The lowest BCUT2D eigenvalue weighted by atomic mass is 9.53. The van der Waals surface area contributed by atoms with Crippen molar-refractivity contribution in [1.29, 1.82) is 0 Å². The maximum Gasteiger partial charge on any atom is 0.0192 e. The monoisotopic (exact) mass is 313 g/mol. The van der Waals surface area contributed by atoms with Crippen molar-refractivity contribution in [3.05, 3.63) is 27.0 Å². The molecule has 0 unspecified atom stereocenters. The summed E-state index contributed by atoms with van der Waals surface area (Å²) in [6, 6.07) is 0. The van der Waals surface area contributed by atoms with Gasteiger partial charge in [0.15, 0.2) is 0 Å². The number of thiophene rings is 1. The Morgan fingerprint density at radius 1 is 1.09 bits per heavy atom. The second-order valence-electron chi connectivity index (χ2n) is 8.67. The van der Waals surface area contributed by atoms with Gasteiger partial charge in [-0.25, -0.2) is 0 Å². The Morgan fingerprint density at radius 3 is 2.32 bits per heavy atom. The van der Waals surface area contributed by atoms with Crippen LogP contribution in [0.2, 0.25) is 0 Å². The summed E-state index contributed by atoms with van der Waals surface area (Å²) in [5.74, 6) is 3.13. The Bertz CT molecular complexity index is 615. The standard InChI is InChI=1S/C20H27NS/c1-12-11-22-18-6-17(13(2)19(12)18)10-21-20-7-14-3-15(8-20)5-16(4-14)9-20/h11,14-16,21H,3-10H2,1-2H3. The summed E-state index contributed by atoms with van der Waals surface area (Å²) in [7, 11) is 0. The van der Waals surface area contributed by atoms with Crippen LogP contribution in [0.15, 0.2) is 11.0 Å². The molecule has 4 fully saturated rings. The van der Waals surface area contributed by atoms with Crippen molar-refractivity contribution in [2.75, 3.05) is 6.54 Å². The number of hydrogen-bond acceptors (Lipinski definition) is 2. The molecule has 0 aliphatic heterocycles. The van der Waals surface area contributed by atoms with E-state index in [9.17, 15) is 0 Å². The van der Waals surface area contributed by atoms with Crippen molar-refractivity contribution in [2.45, 2.75) is 64.3 Å². The molecule has 5 aliphatic rings. The van der Waals surface area contributed by atoms with Crippen LogP contribution < -0.4 is 5.32 Å². The zero-order valence-electron chi connectivity index (χ0n) is 13.9. The number of fused-ring (bicyclic) bond motifs is 1. The first-order valence-corrected chi connectivity index (χ1v) is 10.0. The van der Waals surface area contributed by atoms with Gasteiger partial charge in [-0.3, -0.25) is 0 Å². The van der Waals surface area contributed by atoms with E-state index in [1.165, 1.54) is 50.5 Å². The lowest BCUT2D eigenvalue weighted by Gasteiger charge is -2.57. The average molecular weight is 314 g/mol. The van der Waals surface area contributed by atoms with E-state index in [-0.39, 0.29) is 0 Å². The molecule has 4 saturated carbocycles. The number of nitrogens with one attached hydrogen (secondary N) is 1. The van der Waals surface area contributed by atoms with Crippen LogP contribution in [0, 0.1) is 24.7 Å². The molecule has 5 aliphatic carbocycles. The first-order chi connectivity index (χ1) is 10.6. The number of aryl methyl sites for hydroxylation is 1. The Balaban J connectivity index is 1.34. The molecule has 0 atom stereocenters. The van der Waals surface area contributed by atoms with Gasteiger partial charge >= 0.3 is 0 Å². The average Bonchev–Trinajstić information content (AvgIpc) is 2.97. The van der Waals surface area contributed by atoms with Crippen molar-refractivity contribution >= 4 is 16.9 Å². The van der Waals surface area contributed by atoms with Crippen LogP contribution in [-0.2, 0) is 6.42 Å². The van der Waals surface area contributed by atoms with Gasteiger partial charge in [0.05, 0.1) is 0 Å². The lowest BCUT2D eigenvalue weighted by Crippen LogP contribution is -2.58. The second kappa shape index (κ2) is 4.70. The minimum absolute atomic E-state index is 0.507. The summed E-state index contributed by atoms with van der Waals surface area (Å²) in [6.45, 7) is 5.76. The molecule has 1 aromatic rings. The van der Waals surface area contributed by atoms with Crippen LogP contribution >= 0.6 is 11.3 Å². The summed E-state index contributed by atoms with van der Waals surface area (Å²) < 4.78 is 0. The van der Waals surface area contributed by atoms with E-state index in [0.717, 1.165) is 24.3 Å². The fourth-order valence-electron chi connectivity index (χ4n) is 6.45. The van der Waals surface area contributed by atoms with Crippen LogP contribution in [0.5, 0.6) is 0 Å². The molecule has 2 heteroatoms. The molecule has 0 spiro atoms. The summed E-state index contributed by atoms with van der Waals surface area (Å²) in [4.78, 5) is 1.61. The van der Waals surface area contributed by atoms with Crippen molar-refractivity contribution in [1.82, 2.24) is 5.32 Å². The van der Waals surface area contributed by atoms with Gasteiger partial charge in [0.25, 0.3) is 0 Å². The highest BCUT2D eigenvalue weighted by molar-refractivity contribution is 7.10. The molecule has 1 aromatic heterocycles. The first kappa shape index (κ1) is 13.8. The highest BCUT2D eigenvalue weighted by Gasteiger charge is 2.50. The van der Waals surface area contributed by atoms with Crippen LogP contribution in [0.25, 0.3) is 5.57 Å². The Labute approximate surface area is 138 Å². The molecule has 4 bridgehead atoms. The van der Waals surface area contributed by atoms with Gasteiger partial charge in [-0.15, -0.1) is 11.3 Å². The molecule has 0 saturated heterocycles. The fourth-order valence-corrected chi connectivity index (χ4v) is 7.58. The molecule has 1 heterocycles. The van der Waals surface area contributed by atoms with E-state index in [4.69, 9.17) is 0 Å². The largest absolute Gasteiger partial charge is 0.307 e. The minimum Gasteiger partial charge on any atom is -0.307 e. The van der Waals surface area contributed by atoms with Gasteiger partial charge in [0.2, 0.25) is 0 Å². The van der Waals surface area contributed by atoms with Gasteiger partial charge in [-0.05, 0) is 97.8 Å². The quantitative estimate of drug-likeness (QED) is 0.833. The highest BCUT2D eigenvalue weighted by atomic mass is 32.1. The van der Waals surface area contributed by atoms with Gasteiger partial charge < -0.3 is 5.32 Å². The molecule has 118 valence electrons. The lowest BCUT2D eigenvalue weighted by molar-refractivity contribution is -0.0182.